The van der Waals surface area contributed by atoms with Crippen LogP contribution in [0.15, 0.2) is 18.2 Å². The molecule has 2 atom stereocenters. The van der Waals surface area contributed by atoms with Gasteiger partial charge in [-0.05, 0) is 50.2 Å². The Morgan fingerprint density at radius 1 is 1.29 bits per heavy atom. The monoisotopic (exact) mass is 290 g/mol. The average Bonchev–Trinajstić information content (AvgIpc) is 2.40. The molecule has 0 aliphatic heterocycles. The fraction of sp³-hybridized carbons (Fsp3) is 0.588. The number of anilines is 2. The van der Waals surface area contributed by atoms with Crippen molar-refractivity contribution in [2.45, 2.75) is 46.1 Å². The molecule has 0 amide bonds. The topological polar surface area (TPSA) is 64.3 Å². The van der Waals surface area contributed by atoms with E-state index in [2.05, 4.69) is 19.2 Å². The van der Waals surface area contributed by atoms with Gasteiger partial charge in [0, 0.05) is 6.04 Å². The van der Waals surface area contributed by atoms with Gasteiger partial charge in [-0.2, -0.15) is 0 Å². The Morgan fingerprint density at radius 3 is 2.57 bits per heavy atom. The van der Waals surface area contributed by atoms with E-state index in [1.54, 1.807) is 12.1 Å². The number of para-hydroxylation sites is 1. The second-order valence-electron chi connectivity index (χ2n) is 6.25. The van der Waals surface area contributed by atoms with E-state index in [4.69, 9.17) is 10.5 Å². The largest absolute Gasteiger partial charge is 0.462 e. The lowest BCUT2D eigenvalue weighted by atomic mass is 9.80. The molecule has 4 nitrogen and oxygen atoms in total. The zero-order valence-corrected chi connectivity index (χ0v) is 13.2. The predicted octanol–water partition coefficient (Wildman–Crippen LogP) is 3.68. The van der Waals surface area contributed by atoms with Crippen molar-refractivity contribution < 1.29 is 9.53 Å². The fourth-order valence-corrected chi connectivity index (χ4v) is 3.38. The molecule has 3 N–H and O–H groups in total. The smallest absolute Gasteiger partial charge is 0.340 e. The van der Waals surface area contributed by atoms with Gasteiger partial charge in [-0.3, -0.25) is 0 Å². The summed E-state index contributed by atoms with van der Waals surface area (Å²) in [7, 11) is 0. The van der Waals surface area contributed by atoms with Crippen LogP contribution < -0.4 is 11.1 Å². The van der Waals surface area contributed by atoms with Crippen LogP contribution in [0.1, 0.15) is 50.4 Å². The zero-order valence-electron chi connectivity index (χ0n) is 13.2. The zero-order chi connectivity index (χ0) is 15.4. The van der Waals surface area contributed by atoms with Gasteiger partial charge in [-0.25, -0.2) is 4.79 Å². The number of rotatable bonds is 4. The van der Waals surface area contributed by atoms with Crippen LogP contribution >= 0.6 is 0 Å². The molecule has 116 valence electrons. The molecule has 0 bridgehead atoms. The average molecular weight is 290 g/mol. The highest BCUT2D eigenvalue weighted by atomic mass is 16.5. The first-order chi connectivity index (χ1) is 10.0. The molecular weight excluding hydrogens is 264 g/mol. The van der Waals surface area contributed by atoms with Gasteiger partial charge in [0.15, 0.2) is 0 Å². The molecule has 1 aromatic rings. The number of nitrogens with two attached hydrogens (primary N) is 1. The fourth-order valence-electron chi connectivity index (χ4n) is 3.38. The van der Waals surface area contributed by atoms with Crippen LogP contribution in [-0.4, -0.2) is 18.6 Å². The molecule has 1 aliphatic rings. The first-order valence-electron chi connectivity index (χ1n) is 7.83. The van der Waals surface area contributed by atoms with E-state index in [0.717, 1.165) is 18.5 Å². The molecule has 0 spiro atoms. The van der Waals surface area contributed by atoms with Crippen LogP contribution in [0.5, 0.6) is 0 Å². The Labute approximate surface area is 127 Å². The van der Waals surface area contributed by atoms with Crippen molar-refractivity contribution in [2.24, 2.45) is 11.8 Å². The van der Waals surface area contributed by atoms with Gasteiger partial charge in [-0.1, -0.05) is 19.9 Å². The summed E-state index contributed by atoms with van der Waals surface area (Å²) in [4.78, 5) is 12.1. The van der Waals surface area contributed by atoms with Gasteiger partial charge in [0.05, 0.1) is 23.5 Å². The number of ether oxygens (including phenoxy) is 1. The van der Waals surface area contributed by atoms with Crippen LogP contribution in [-0.2, 0) is 4.74 Å². The van der Waals surface area contributed by atoms with E-state index in [-0.39, 0.29) is 5.97 Å². The van der Waals surface area contributed by atoms with Gasteiger partial charge in [0.25, 0.3) is 0 Å². The molecule has 0 heterocycles. The number of benzene rings is 1. The maximum Gasteiger partial charge on any atom is 0.340 e. The maximum absolute atomic E-state index is 12.1. The van der Waals surface area contributed by atoms with Crippen molar-refractivity contribution >= 4 is 17.3 Å². The summed E-state index contributed by atoms with van der Waals surface area (Å²) in [5.41, 5.74) is 7.93. The molecule has 1 aliphatic carbocycles. The minimum Gasteiger partial charge on any atom is -0.462 e. The predicted molar refractivity (Wildman–Crippen MR) is 86.4 cm³/mol. The van der Waals surface area contributed by atoms with E-state index in [9.17, 15) is 4.79 Å². The summed E-state index contributed by atoms with van der Waals surface area (Å²) in [6.45, 7) is 6.74. The second kappa shape index (κ2) is 6.83. The Bertz CT molecular complexity index is 492. The highest BCUT2D eigenvalue weighted by Gasteiger charge is 2.25. The van der Waals surface area contributed by atoms with Crippen molar-refractivity contribution in [1.29, 1.82) is 0 Å². The Kier molecular flexibility index (Phi) is 5.10. The standard InChI is InChI=1S/C17H26N2O2/c1-4-21-17(20)14-6-5-7-15(18)16(14)19-13-9-11(2)8-12(3)10-13/h5-7,11-13,19H,4,8-10,18H2,1-3H3. The van der Waals surface area contributed by atoms with Crippen molar-refractivity contribution in [3.05, 3.63) is 23.8 Å². The number of carbonyl (C=O) groups excluding carboxylic acids is 1. The van der Waals surface area contributed by atoms with Crippen molar-refractivity contribution in [2.75, 3.05) is 17.7 Å². The lowest BCUT2D eigenvalue weighted by Crippen LogP contribution is -2.31. The van der Waals surface area contributed by atoms with E-state index in [0.29, 0.717) is 35.7 Å². The molecule has 0 aromatic heterocycles. The summed E-state index contributed by atoms with van der Waals surface area (Å²) < 4.78 is 5.12. The Hall–Kier alpha value is -1.71. The van der Waals surface area contributed by atoms with E-state index in [1.165, 1.54) is 6.42 Å². The molecule has 0 saturated heterocycles. The number of hydrogen-bond acceptors (Lipinski definition) is 4. The molecule has 2 unspecified atom stereocenters. The van der Waals surface area contributed by atoms with Crippen LogP contribution in [0.2, 0.25) is 0 Å². The van der Waals surface area contributed by atoms with Crippen molar-refractivity contribution in [1.82, 2.24) is 0 Å². The van der Waals surface area contributed by atoms with Crippen LogP contribution in [0, 0.1) is 11.8 Å². The third-order valence-corrected chi connectivity index (χ3v) is 4.12. The first-order valence-corrected chi connectivity index (χ1v) is 7.83. The third-order valence-electron chi connectivity index (χ3n) is 4.12. The number of nitrogen functional groups attached to an aromatic ring is 1. The van der Waals surface area contributed by atoms with Gasteiger partial charge in [0.2, 0.25) is 0 Å². The van der Waals surface area contributed by atoms with Gasteiger partial charge in [-0.15, -0.1) is 0 Å². The highest BCUT2D eigenvalue weighted by molar-refractivity contribution is 5.98. The van der Waals surface area contributed by atoms with Gasteiger partial charge < -0.3 is 15.8 Å². The van der Waals surface area contributed by atoms with Gasteiger partial charge in [0.1, 0.15) is 0 Å². The SMILES string of the molecule is CCOC(=O)c1cccc(N)c1NC1CC(C)CC(C)C1. The molecule has 1 fully saturated rings. The summed E-state index contributed by atoms with van der Waals surface area (Å²) in [5.74, 6) is 1.08. The second-order valence-corrected chi connectivity index (χ2v) is 6.25. The molecular formula is C17H26N2O2. The van der Waals surface area contributed by atoms with E-state index < -0.39 is 0 Å². The third kappa shape index (κ3) is 3.90. The van der Waals surface area contributed by atoms with E-state index in [1.807, 2.05) is 13.0 Å². The highest BCUT2D eigenvalue weighted by Crippen LogP contribution is 2.33. The van der Waals surface area contributed by atoms with Crippen LogP contribution in [0.3, 0.4) is 0 Å². The quantitative estimate of drug-likeness (QED) is 0.656. The number of nitrogens with one attached hydrogen (secondary N) is 1. The maximum atomic E-state index is 12.1. The number of esters is 1. The van der Waals surface area contributed by atoms with E-state index >= 15 is 0 Å². The number of carbonyl (C=O) groups is 1. The van der Waals surface area contributed by atoms with Crippen molar-refractivity contribution in [3.63, 3.8) is 0 Å². The van der Waals surface area contributed by atoms with Gasteiger partial charge >= 0.3 is 5.97 Å². The Balaban J connectivity index is 2.20. The number of hydrogen-bond donors (Lipinski definition) is 2. The lowest BCUT2D eigenvalue weighted by Gasteiger charge is -2.33. The summed E-state index contributed by atoms with van der Waals surface area (Å²) >= 11 is 0. The molecule has 1 aromatic carbocycles. The van der Waals surface area contributed by atoms with Crippen LogP contribution in [0.4, 0.5) is 11.4 Å². The molecule has 0 radical (unpaired) electrons. The molecule has 2 rings (SSSR count). The lowest BCUT2D eigenvalue weighted by molar-refractivity contribution is 0.0527. The summed E-state index contributed by atoms with van der Waals surface area (Å²) in [6.07, 6.45) is 3.50. The minimum absolute atomic E-state index is 0.316. The molecule has 21 heavy (non-hydrogen) atoms. The summed E-state index contributed by atoms with van der Waals surface area (Å²) in [6, 6.07) is 5.74. The first kappa shape index (κ1) is 15.7. The van der Waals surface area contributed by atoms with Crippen LogP contribution in [0.25, 0.3) is 0 Å². The van der Waals surface area contributed by atoms with Crippen molar-refractivity contribution in [3.8, 4) is 0 Å². The molecule has 4 heteroatoms. The normalized spacial score (nSPS) is 25.4. The minimum atomic E-state index is -0.316. The Morgan fingerprint density at radius 2 is 1.95 bits per heavy atom. The molecule has 1 saturated carbocycles. The summed E-state index contributed by atoms with van der Waals surface area (Å²) in [5, 5.41) is 3.49.